The Hall–Kier alpha value is -1.91. The second-order valence-corrected chi connectivity index (χ2v) is 5.27. The van der Waals surface area contributed by atoms with E-state index in [-0.39, 0.29) is 22.3 Å². The minimum atomic E-state index is -0.280. The van der Waals surface area contributed by atoms with E-state index in [2.05, 4.69) is 5.32 Å². The molecule has 0 aromatic heterocycles. The first-order chi connectivity index (χ1) is 10.0. The highest BCUT2D eigenvalue weighted by molar-refractivity contribution is 6.33. The molecule has 0 fully saturated rings. The van der Waals surface area contributed by atoms with Crippen molar-refractivity contribution >= 4 is 11.6 Å². The first-order valence-electron chi connectivity index (χ1n) is 6.67. The number of phenols is 3. The second-order valence-electron chi connectivity index (χ2n) is 4.89. The smallest absolute Gasteiger partial charge is 0.176 e. The lowest BCUT2D eigenvalue weighted by molar-refractivity contribution is 0.402. The van der Waals surface area contributed by atoms with Gasteiger partial charge in [0.15, 0.2) is 11.5 Å². The van der Waals surface area contributed by atoms with Gasteiger partial charge in [0.05, 0.1) is 5.02 Å². The zero-order valence-electron chi connectivity index (χ0n) is 11.7. The first kappa shape index (κ1) is 15.5. The van der Waals surface area contributed by atoms with Crippen LogP contribution < -0.4 is 5.32 Å². The summed E-state index contributed by atoms with van der Waals surface area (Å²) >= 11 is 6.15. The predicted octanol–water partition coefficient (Wildman–Crippen LogP) is 2.81. The van der Waals surface area contributed by atoms with Gasteiger partial charge >= 0.3 is 0 Å². The first-order valence-corrected chi connectivity index (χ1v) is 7.05. The van der Waals surface area contributed by atoms with E-state index in [9.17, 15) is 15.3 Å². The van der Waals surface area contributed by atoms with Crippen molar-refractivity contribution in [3.8, 4) is 17.2 Å². The number of rotatable bonds is 5. The molecular formula is C16H18ClNO3. The summed E-state index contributed by atoms with van der Waals surface area (Å²) in [5.74, 6) is -0.292. The van der Waals surface area contributed by atoms with Gasteiger partial charge in [-0.2, -0.15) is 0 Å². The Kier molecular flexibility index (Phi) is 4.94. The number of hydrogen-bond acceptors (Lipinski definition) is 4. The van der Waals surface area contributed by atoms with Crippen LogP contribution >= 0.6 is 11.6 Å². The molecule has 0 radical (unpaired) electrons. The number of likely N-dealkylation sites (N-methyl/N-ethyl adjacent to an activating group) is 1. The standard InChI is InChI=1S/C16H18ClNO3/c1-18-7-6-13-11(9-14(20)16(21)15(13)17)8-10-2-4-12(19)5-3-10/h2-5,9,18-21H,6-8H2,1H3. The van der Waals surface area contributed by atoms with E-state index in [1.165, 1.54) is 0 Å². The van der Waals surface area contributed by atoms with Crippen molar-refractivity contribution in [2.24, 2.45) is 0 Å². The summed E-state index contributed by atoms with van der Waals surface area (Å²) < 4.78 is 0. The maximum atomic E-state index is 9.78. The van der Waals surface area contributed by atoms with Gasteiger partial charge in [0.2, 0.25) is 0 Å². The minimum Gasteiger partial charge on any atom is -0.508 e. The fourth-order valence-electron chi connectivity index (χ4n) is 2.23. The lowest BCUT2D eigenvalue weighted by Crippen LogP contribution is -2.12. The van der Waals surface area contributed by atoms with E-state index in [1.807, 2.05) is 19.2 Å². The van der Waals surface area contributed by atoms with E-state index in [0.29, 0.717) is 19.4 Å². The molecule has 21 heavy (non-hydrogen) atoms. The average Bonchev–Trinajstić information content (AvgIpc) is 2.47. The molecule has 2 rings (SSSR count). The molecule has 2 aromatic rings. The van der Waals surface area contributed by atoms with Gasteiger partial charge in [-0.15, -0.1) is 0 Å². The van der Waals surface area contributed by atoms with Crippen LogP contribution in [0.5, 0.6) is 17.2 Å². The fraction of sp³-hybridized carbons (Fsp3) is 0.250. The topological polar surface area (TPSA) is 72.7 Å². The fourth-order valence-corrected chi connectivity index (χ4v) is 2.54. The number of phenolic OH excluding ortho intramolecular Hbond substituents is 3. The summed E-state index contributed by atoms with van der Waals surface area (Å²) in [6.45, 7) is 0.715. The Labute approximate surface area is 128 Å². The van der Waals surface area contributed by atoms with E-state index in [1.54, 1.807) is 18.2 Å². The van der Waals surface area contributed by atoms with Crippen LogP contribution in [0, 0.1) is 0 Å². The monoisotopic (exact) mass is 307 g/mol. The molecule has 4 N–H and O–H groups in total. The van der Waals surface area contributed by atoms with Crippen molar-refractivity contribution < 1.29 is 15.3 Å². The third-order valence-corrected chi connectivity index (χ3v) is 3.78. The van der Waals surface area contributed by atoms with Gasteiger partial charge in [0, 0.05) is 0 Å². The van der Waals surface area contributed by atoms with E-state index >= 15 is 0 Å². The van der Waals surface area contributed by atoms with Crippen molar-refractivity contribution in [1.82, 2.24) is 5.32 Å². The molecule has 0 bridgehead atoms. The van der Waals surface area contributed by atoms with E-state index in [4.69, 9.17) is 11.6 Å². The molecule has 0 amide bonds. The van der Waals surface area contributed by atoms with Crippen LogP contribution in [0.15, 0.2) is 30.3 Å². The summed E-state index contributed by atoms with van der Waals surface area (Å²) in [6.07, 6.45) is 1.21. The molecule has 0 atom stereocenters. The molecule has 0 saturated carbocycles. The Balaban J connectivity index is 2.38. The van der Waals surface area contributed by atoms with Crippen molar-refractivity contribution in [2.45, 2.75) is 12.8 Å². The molecule has 0 aliphatic rings. The Bertz CT molecular complexity index is 626. The Morgan fingerprint density at radius 1 is 1.10 bits per heavy atom. The van der Waals surface area contributed by atoms with Gasteiger partial charge in [-0.05, 0) is 61.3 Å². The number of aromatic hydroxyl groups is 3. The highest BCUT2D eigenvalue weighted by Crippen LogP contribution is 2.39. The number of benzene rings is 2. The summed E-state index contributed by atoms with van der Waals surface area (Å²) in [4.78, 5) is 0. The summed E-state index contributed by atoms with van der Waals surface area (Å²) in [5.41, 5.74) is 2.66. The molecule has 0 saturated heterocycles. The largest absolute Gasteiger partial charge is 0.508 e. The zero-order valence-corrected chi connectivity index (χ0v) is 12.5. The van der Waals surface area contributed by atoms with Crippen LogP contribution in [0.2, 0.25) is 5.02 Å². The molecule has 0 unspecified atom stereocenters. The molecule has 4 nitrogen and oxygen atoms in total. The van der Waals surface area contributed by atoms with Gasteiger partial charge < -0.3 is 20.6 Å². The van der Waals surface area contributed by atoms with Crippen LogP contribution in [0.3, 0.4) is 0 Å². The van der Waals surface area contributed by atoms with Gasteiger partial charge in [-0.3, -0.25) is 0 Å². The molecule has 0 aliphatic carbocycles. The summed E-state index contributed by atoms with van der Waals surface area (Å²) in [7, 11) is 1.84. The van der Waals surface area contributed by atoms with Crippen LogP contribution in [0.25, 0.3) is 0 Å². The molecule has 0 heterocycles. The number of hydrogen-bond donors (Lipinski definition) is 4. The Morgan fingerprint density at radius 3 is 2.38 bits per heavy atom. The lowest BCUT2D eigenvalue weighted by atomic mass is 9.96. The quantitative estimate of drug-likeness (QED) is 0.641. The minimum absolute atomic E-state index is 0.194. The SMILES string of the molecule is CNCCc1c(Cc2ccc(O)cc2)cc(O)c(O)c1Cl. The van der Waals surface area contributed by atoms with E-state index < -0.39 is 0 Å². The van der Waals surface area contributed by atoms with Crippen LogP contribution in [0.1, 0.15) is 16.7 Å². The van der Waals surface area contributed by atoms with Crippen molar-refractivity contribution in [2.75, 3.05) is 13.6 Å². The predicted molar refractivity (Wildman–Crippen MR) is 83.3 cm³/mol. The van der Waals surface area contributed by atoms with Crippen LogP contribution in [-0.4, -0.2) is 28.9 Å². The molecule has 0 spiro atoms. The normalized spacial score (nSPS) is 10.8. The lowest BCUT2D eigenvalue weighted by Gasteiger charge is -2.14. The molecule has 0 aliphatic heterocycles. The average molecular weight is 308 g/mol. The second kappa shape index (κ2) is 6.70. The van der Waals surface area contributed by atoms with Gasteiger partial charge in [0.1, 0.15) is 5.75 Å². The van der Waals surface area contributed by atoms with Gasteiger partial charge in [0.25, 0.3) is 0 Å². The summed E-state index contributed by atoms with van der Waals surface area (Å²) in [5, 5.41) is 32.1. The Morgan fingerprint density at radius 2 is 1.76 bits per heavy atom. The van der Waals surface area contributed by atoms with Crippen LogP contribution in [0.4, 0.5) is 0 Å². The molecule has 2 aromatic carbocycles. The molecule has 5 heteroatoms. The summed E-state index contributed by atoms with van der Waals surface area (Å²) in [6, 6.07) is 8.40. The highest BCUT2D eigenvalue weighted by Gasteiger charge is 2.16. The maximum absolute atomic E-state index is 9.78. The third kappa shape index (κ3) is 3.60. The highest BCUT2D eigenvalue weighted by atomic mass is 35.5. The molecule has 112 valence electrons. The van der Waals surface area contributed by atoms with Crippen molar-refractivity contribution in [1.29, 1.82) is 0 Å². The van der Waals surface area contributed by atoms with E-state index in [0.717, 1.165) is 16.7 Å². The number of nitrogens with one attached hydrogen (secondary N) is 1. The van der Waals surface area contributed by atoms with Crippen molar-refractivity contribution in [3.63, 3.8) is 0 Å². The number of halogens is 1. The van der Waals surface area contributed by atoms with Gasteiger partial charge in [-0.25, -0.2) is 0 Å². The van der Waals surface area contributed by atoms with Crippen LogP contribution in [-0.2, 0) is 12.8 Å². The third-order valence-electron chi connectivity index (χ3n) is 3.37. The molecular weight excluding hydrogens is 290 g/mol. The van der Waals surface area contributed by atoms with Crippen molar-refractivity contribution in [3.05, 3.63) is 52.0 Å². The zero-order chi connectivity index (χ0) is 15.4. The maximum Gasteiger partial charge on any atom is 0.176 e. The van der Waals surface area contributed by atoms with Gasteiger partial charge in [-0.1, -0.05) is 23.7 Å².